The van der Waals surface area contributed by atoms with E-state index in [1.165, 1.54) is 0 Å². The lowest BCUT2D eigenvalue weighted by molar-refractivity contribution is -0.127. The molecular formula is C26H23BrN2O5S. The summed E-state index contributed by atoms with van der Waals surface area (Å²) in [7, 11) is 0. The number of imide groups is 1. The predicted molar refractivity (Wildman–Crippen MR) is 142 cm³/mol. The van der Waals surface area contributed by atoms with Crippen molar-refractivity contribution in [2.45, 2.75) is 13.8 Å². The van der Waals surface area contributed by atoms with Gasteiger partial charge in [-0.25, -0.2) is 0 Å². The highest BCUT2D eigenvalue weighted by Crippen LogP contribution is 2.39. The summed E-state index contributed by atoms with van der Waals surface area (Å²) in [5, 5.41) is 4.18. The Morgan fingerprint density at radius 3 is 2.57 bits per heavy atom. The van der Waals surface area contributed by atoms with Gasteiger partial charge in [-0.2, -0.15) is 0 Å². The van der Waals surface area contributed by atoms with Gasteiger partial charge in [0.1, 0.15) is 6.54 Å². The van der Waals surface area contributed by atoms with E-state index in [4.69, 9.17) is 9.47 Å². The van der Waals surface area contributed by atoms with Gasteiger partial charge in [0.05, 0.1) is 22.6 Å². The minimum Gasteiger partial charge on any atom is -0.490 e. The van der Waals surface area contributed by atoms with Gasteiger partial charge in [-0.15, -0.1) is 0 Å². The van der Waals surface area contributed by atoms with Gasteiger partial charge in [0.15, 0.2) is 11.5 Å². The number of anilines is 1. The highest BCUT2D eigenvalue weighted by molar-refractivity contribution is 9.10. The molecule has 0 atom stereocenters. The molecule has 1 saturated heterocycles. The molecule has 1 aliphatic rings. The molecular weight excluding hydrogens is 532 g/mol. The summed E-state index contributed by atoms with van der Waals surface area (Å²) in [6.45, 7) is 4.28. The Hall–Kier alpha value is -3.30. The lowest BCUT2D eigenvalue weighted by Gasteiger charge is -2.14. The maximum absolute atomic E-state index is 13.0. The topological polar surface area (TPSA) is 84.9 Å². The smallest absolute Gasteiger partial charge is 0.294 e. The first-order valence-electron chi connectivity index (χ1n) is 11.0. The first-order chi connectivity index (χ1) is 16.9. The van der Waals surface area contributed by atoms with Crippen LogP contribution in [-0.4, -0.2) is 41.7 Å². The first kappa shape index (κ1) is 24.8. The van der Waals surface area contributed by atoms with Gasteiger partial charge >= 0.3 is 0 Å². The van der Waals surface area contributed by atoms with Crippen LogP contribution in [0.3, 0.4) is 0 Å². The summed E-state index contributed by atoms with van der Waals surface area (Å²) < 4.78 is 12.0. The van der Waals surface area contributed by atoms with Gasteiger partial charge in [-0.3, -0.25) is 19.3 Å². The zero-order chi connectivity index (χ0) is 24.9. The molecule has 3 aromatic rings. The van der Waals surface area contributed by atoms with Crippen molar-refractivity contribution >= 4 is 67.3 Å². The average molecular weight is 555 g/mol. The van der Waals surface area contributed by atoms with Crippen LogP contribution in [0.15, 0.2) is 64.0 Å². The SMILES string of the molecule is CCOc1cc(/C=C2/SC(=O)N(CC(=O)Nc3cccc4ccccc34)C2=O)cc(Br)c1OCC. The van der Waals surface area contributed by atoms with Gasteiger partial charge < -0.3 is 14.8 Å². The maximum atomic E-state index is 13.0. The third kappa shape index (κ3) is 5.52. The monoisotopic (exact) mass is 554 g/mol. The van der Waals surface area contributed by atoms with Crippen LogP contribution in [0, 0.1) is 0 Å². The number of carbonyl (C=O) groups is 3. The zero-order valence-corrected chi connectivity index (χ0v) is 21.6. The Kier molecular flexibility index (Phi) is 7.77. The fraction of sp³-hybridized carbons (Fsp3) is 0.192. The number of amides is 3. The van der Waals surface area contributed by atoms with Crippen LogP contribution < -0.4 is 14.8 Å². The highest BCUT2D eigenvalue weighted by Gasteiger charge is 2.36. The lowest BCUT2D eigenvalue weighted by Crippen LogP contribution is -2.36. The summed E-state index contributed by atoms with van der Waals surface area (Å²) >= 11 is 4.28. The molecule has 0 spiro atoms. The molecule has 1 N–H and O–H groups in total. The minimum absolute atomic E-state index is 0.228. The molecule has 0 bridgehead atoms. The molecule has 9 heteroatoms. The van der Waals surface area contributed by atoms with E-state index in [-0.39, 0.29) is 11.4 Å². The highest BCUT2D eigenvalue weighted by atomic mass is 79.9. The van der Waals surface area contributed by atoms with E-state index in [0.717, 1.165) is 27.4 Å². The van der Waals surface area contributed by atoms with Crippen molar-refractivity contribution < 1.29 is 23.9 Å². The van der Waals surface area contributed by atoms with Crippen LogP contribution in [0.5, 0.6) is 11.5 Å². The molecule has 0 radical (unpaired) electrons. The molecule has 3 aromatic carbocycles. The Labute approximate surface area is 215 Å². The van der Waals surface area contributed by atoms with E-state index < -0.39 is 17.1 Å². The van der Waals surface area contributed by atoms with Crippen LogP contribution in [0.2, 0.25) is 0 Å². The number of fused-ring (bicyclic) bond motifs is 1. The molecule has 1 heterocycles. The van der Waals surface area contributed by atoms with Gasteiger partial charge in [0.25, 0.3) is 11.1 Å². The lowest BCUT2D eigenvalue weighted by atomic mass is 10.1. The van der Waals surface area contributed by atoms with Crippen molar-refractivity contribution in [3.63, 3.8) is 0 Å². The summed E-state index contributed by atoms with van der Waals surface area (Å²) in [6.07, 6.45) is 1.61. The van der Waals surface area contributed by atoms with Crippen LogP contribution in [0.1, 0.15) is 19.4 Å². The van der Waals surface area contributed by atoms with E-state index >= 15 is 0 Å². The Balaban J connectivity index is 1.51. The third-order valence-electron chi connectivity index (χ3n) is 5.16. The second kappa shape index (κ2) is 11.0. The maximum Gasteiger partial charge on any atom is 0.294 e. The third-order valence-corrected chi connectivity index (χ3v) is 6.65. The molecule has 0 aliphatic carbocycles. The number of nitrogens with one attached hydrogen (secondary N) is 1. The Bertz CT molecular complexity index is 1340. The summed E-state index contributed by atoms with van der Waals surface area (Å²) in [5.41, 5.74) is 1.28. The Morgan fingerprint density at radius 1 is 1.06 bits per heavy atom. The van der Waals surface area contributed by atoms with Crippen molar-refractivity contribution in [2.75, 3.05) is 25.1 Å². The number of benzene rings is 3. The number of hydrogen-bond acceptors (Lipinski definition) is 6. The molecule has 1 fully saturated rings. The van der Waals surface area contributed by atoms with Crippen molar-refractivity contribution in [1.29, 1.82) is 0 Å². The van der Waals surface area contributed by atoms with Crippen molar-refractivity contribution in [2.24, 2.45) is 0 Å². The quantitative estimate of drug-likeness (QED) is 0.340. The van der Waals surface area contributed by atoms with Crippen molar-refractivity contribution in [3.8, 4) is 11.5 Å². The largest absolute Gasteiger partial charge is 0.490 e. The fourth-order valence-electron chi connectivity index (χ4n) is 3.67. The number of carbonyl (C=O) groups excluding carboxylic acids is 3. The molecule has 4 rings (SSSR count). The zero-order valence-electron chi connectivity index (χ0n) is 19.2. The molecule has 3 amide bonds. The molecule has 0 aromatic heterocycles. The van der Waals surface area contributed by atoms with Gasteiger partial charge in [0, 0.05) is 11.1 Å². The van der Waals surface area contributed by atoms with E-state index in [1.807, 2.05) is 50.2 Å². The molecule has 180 valence electrons. The minimum atomic E-state index is -0.518. The standard InChI is InChI=1S/C26H23BrN2O5S/c1-3-33-21-13-16(12-19(27)24(21)34-4-2)14-22-25(31)29(26(32)35-22)15-23(30)28-20-11-7-9-17-8-5-6-10-18(17)20/h5-14H,3-4,15H2,1-2H3,(H,28,30)/b22-14+. The van der Waals surface area contributed by atoms with Gasteiger partial charge in [-0.1, -0.05) is 36.4 Å². The number of hydrogen-bond donors (Lipinski definition) is 1. The summed E-state index contributed by atoms with van der Waals surface area (Å²) in [4.78, 5) is 39.4. The molecule has 0 unspecified atom stereocenters. The van der Waals surface area contributed by atoms with E-state index in [2.05, 4.69) is 21.2 Å². The van der Waals surface area contributed by atoms with Crippen LogP contribution in [0.4, 0.5) is 10.5 Å². The van der Waals surface area contributed by atoms with Gasteiger partial charge in [0.2, 0.25) is 5.91 Å². The fourth-order valence-corrected chi connectivity index (χ4v) is 5.09. The van der Waals surface area contributed by atoms with Crippen molar-refractivity contribution in [3.05, 3.63) is 69.5 Å². The number of nitrogens with zero attached hydrogens (tertiary/aromatic N) is 1. The van der Waals surface area contributed by atoms with Crippen LogP contribution in [-0.2, 0) is 9.59 Å². The number of halogens is 1. The van der Waals surface area contributed by atoms with E-state index in [0.29, 0.717) is 40.4 Å². The second-order valence-electron chi connectivity index (χ2n) is 7.54. The van der Waals surface area contributed by atoms with Crippen LogP contribution in [0.25, 0.3) is 16.8 Å². The number of thioether (sulfide) groups is 1. The summed E-state index contributed by atoms with van der Waals surface area (Å²) in [6, 6.07) is 16.8. The Morgan fingerprint density at radius 2 is 1.80 bits per heavy atom. The first-order valence-corrected chi connectivity index (χ1v) is 12.6. The molecule has 35 heavy (non-hydrogen) atoms. The molecule has 1 aliphatic heterocycles. The van der Waals surface area contributed by atoms with Crippen LogP contribution >= 0.6 is 27.7 Å². The van der Waals surface area contributed by atoms with Gasteiger partial charge in [-0.05, 0) is 76.8 Å². The molecule has 7 nitrogen and oxygen atoms in total. The van der Waals surface area contributed by atoms with Crippen molar-refractivity contribution in [1.82, 2.24) is 4.90 Å². The molecule has 0 saturated carbocycles. The van der Waals surface area contributed by atoms with E-state index in [9.17, 15) is 14.4 Å². The van der Waals surface area contributed by atoms with E-state index in [1.54, 1.807) is 24.3 Å². The second-order valence-corrected chi connectivity index (χ2v) is 9.39. The number of ether oxygens (including phenoxy) is 2. The summed E-state index contributed by atoms with van der Waals surface area (Å²) in [5.74, 6) is 0.136. The number of rotatable bonds is 8. The normalized spacial score (nSPS) is 14.6. The predicted octanol–water partition coefficient (Wildman–Crippen LogP) is 6.07. The average Bonchev–Trinajstić information content (AvgIpc) is 3.09.